The Balaban J connectivity index is 1.54. The fourth-order valence-corrected chi connectivity index (χ4v) is 4.22. The topological polar surface area (TPSA) is 55.8 Å². The molecule has 0 saturated carbocycles. The van der Waals surface area contributed by atoms with Crippen LogP contribution >= 0.6 is 11.3 Å². The third-order valence-electron chi connectivity index (χ3n) is 4.55. The van der Waals surface area contributed by atoms with E-state index in [1.165, 1.54) is 39.5 Å². The molecule has 0 radical (unpaired) electrons. The highest BCUT2D eigenvalue weighted by Gasteiger charge is 2.20. The van der Waals surface area contributed by atoms with Crippen LogP contribution < -0.4 is 4.74 Å². The Kier molecular flexibility index (Phi) is 5.93. The molecule has 1 amide bonds. The van der Waals surface area contributed by atoms with Crippen LogP contribution in [0.1, 0.15) is 38.5 Å². The summed E-state index contributed by atoms with van der Waals surface area (Å²) in [7, 11) is 3.29. The second kappa shape index (κ2) is 8.36. The van der Waals surface area contributed by atoms with E-state index in [0.29, 0.717) is 11.4 Å². The van der Waals surface area contributed by atoms with E-state index in [2.05, 4.69) is 0 Å². The Bertz CT molecular complexity index is 775. The molecule has 1 heterocycles. The summed E-state index contributed by atoms with van der Waals surface area (Å²) < 4.78 is 10.5. The second-order valence-electron chi connectivity index (χ2n) is 6.40. The number of carbonyl (C=O) groups is 2. The number of hydrogen-bond acceptors (Lipinski definition) is 5. The highest BCUT2D eigenvalue weighted by atomic mass is 32.1. The number of esters is 1. The zero-order valence-corrected chi connectivity index (χ0v) is 15.9. The number of ether oxygens (including phenoxy) is 2. The molecule has 0 N–H and O–H groups in total. The smallest absolute Gasteiger partial charge is 0.348 e. The first-order valence-electron chi connectivity index (χ1n) is 8.73. The van der Waals surface area contributed by atoms with Gasteiger partial charge < -0.3 is 14.4 Å². The molecule has 2 aromatic rings. The maximum atomic E-state index is 12.3. The van der Waals surface area contributed by atoms with Crippen molar-refractivity contribution in [1.82, 2.24) is 4.90 Å². The fraction of sp³-hybridized carbons (Fsp3) is 0.400. The van der Waals surface area contributed by atoms with Crippen LogP contribution in [0.2, 0.25) is 0 Å². The summed E-state index contributed by atoms with van der Waals surface area (Å²) in [6, 6.07) is 9.46. The first-order valence-corrected chi connectivity index (χ1v) is 9.54. The Labute approximate surface area is 157 Å². The molecule has 1 aromatic heterocycles. The molecular formula is C20H23NO4S. The molecule has 0 unspecified atom stereocenters. The van der Waals surface area contributed by atoms with Gasteiger partial charge in [-0.05, 0) is 43.4 Å². The van der Waals surface area contributed by atoms with Crippen LogP contribution in [0.25, 0.3) is 0 Å². The third kappa shape index (κ3) is 4.25. The molecule has 0 saturated heterocycles. The average molecular weight is 373 g/mol. The minimum Gasteiger partial charge on any atom is -0.496 e. The lowest BCUT2D eigenvalue weighted by atomic mass is 9.99. The van der Waals surface area contributed by atoms with Gasteiger partial charge >= 0.3 is 5.97 Å². The molecule has 1 aromatic carbocycles. The Morgan fingerprint density at radius 1 is 1.19 bits per heavy atom. The second-order valence-corrected chi connectivity index (χ2v) is 7.54. The number of nitrogens with zero attached hydrogens (tertiary/aromatic N) is 1. The van der Waals surface area contributed by atoms with E-state index in [1.807, 2.05) is 30.3 Å². The van der Waals surface area contributed by atoms with Gasteiger partial charge in [0.2, 0.25) is 0 Å². The molecule has 1 aliphatic carbocycles. The molecule has 1 aliphatic rings. The number of benzene rings is 1. The number of methoxy groups -OCH3 is 1. The van der Waals surface area contributed by atoms with E-state index in [1.54, 1.807) is 14.2 Å². The quantitative estimate of drug-likeness (QED) is 0.728. The van der Waals surface area contributed by atoms with Crippen molar-refractivity contribution in [2.24, 2.45) is 0 Å². The molecule has 0 spiro atoms. The Hall–Kier alpha value is -2.34. The fourth-order valence-electron chi connectivity index (χ4n) is 3.08. The molecule has 0 atom stereocenters. The molecular weight excluding hydrogens is 350 g/mol. The summed E-state index contributed by atoms with van der Waals surface area (Å²) in [6.45, 7) is 0.140. The molecule has 0 fully saturated rings. The van der Waals surface area contributed by atoms with Crippen molar-refractivity contribution in [1.29, 1.82) is 0 Å². The maximum absolute atomic E-state index is 12.3. The summed E-state index contributed by atoms with van der Waals surface area (Å²) in [6.07, 6.45) is 4.41. The molecule has 138 valence electrons. The predicted octanol–water partition coefficient (Wildman–Crippen LogP) is 3.45. The lowest BCUT2D eigenvalue weighted by Crippen LogP contribution is -2.30. The maximum Gasteiger partial charge on any atom is 0.348 e. The van der Waals surface area contributed by atoms with Crippen LogP contribution in [0.5, 0.6) is 5.75 Å². The van der Waals surface area contributed by atoms with E-state index in [9.17, 15) is 9.59 Å². The average Bonchev–Trinajstić information content (AvgIpc) is 3.10. The van der Waals surface area contributed by atoms with Crippen LogP contribution in [0.3, 0.4) is 0 Å². The van der Waals surface area contributed by atoms with Crippen LogP contribution in [0.15, 0.2) is 30.3 Å². The monoisotopic (exact) mass is 373 g/mol. The SMILES string of the molecule is COc1ccccc1CN(C)C(=O)COC(=O)c1cc2c(s1)CCCC2. The third-order valence-corrected chi connectivity index (χ3v) is 5.77. The zero-order valence-electron chi connectivity index (χ0n) is 15.1. The summed E-state index contributed by atoms with van der Waals surface area (Å²) >= 11 is 1.50. The van der Waals surface area contributed by atoms with Gasteiger partial charge in [-0.25, -0.2) is 4.79 Å². The molecule has 3 rings (SSSR count). The van der Waals surface area contributed by atoms with Crippen molar-refractivity contribution >= 4 is 23.2 Å². The van der Waals surface area contributed by atoms with Gasteiger partial charge in [0.25, 0.3) is 5.91 Å². The molecule has 6 heteroatoms. The van der Waals surface area contributed by atoms with Gasteiger partial charge in [-0.2, -0.15) is 0 Å². The first kappa shape index (κ1) is 18.5. The van der Waals surface area contributed by atoms with E-state index < -0.39 is 5.97 Å². The van der Waals surface area contributed by atoms with E-state index in [4.69, 9.17) is 9.47 Å². The normalized spacial score (nSPS) is 13.0. The van der Waals surface area contributed by atoms with Gasteiger partial charge in [0, 0.05) is 24.0 Å². The highest BCUT2D eigenvalue weighted by molar-refractivity contribution is 7.14. The van der Waals surface area contributed by atoms with Gasteiger partial charge in [-0.1, -0.05) is 18.2 Å². The number of aryl methyl sites for hydroxylation is 2. The minimum atomic E-state index is -0.413. The van der Waals surface area contributed by atoms with Crippen LogP contribution in [0, 0.1) is 0 Å². The van der Waals surface area contributed by atoms with Gasteiger partial charge in [-0.15, -0.1) is 11.3 Å². The van der Waals surface area contributed by atoms with Crippen molar-refractivity contribution in [2.45, 2.75) is 32.2 Å². The number of likely N-dealkylation sites (N-methyl/N-ethyl adjacent to an activating group) is 1. The van der Waals surface area contributed by atoms with Crippen LogP contribution in [-0.2, 0) is 28.9 Å². The summed E-state index contributed by atoms with van der Waals surface area (Å²) in [5.74, 6) is 0.0716. The lowest BCUT2D eigenvalue weighted by molar-refractivity contribution is -0.133. The largest absolute Gasteiger partial charge is 0.496 e. The Morgan fingerprint density at radius 3 is 2.73 bits per heavy atom. The van der Waals surface area contributed by atoms with Crippen molar-refractivity contribution in [2.75, 3.05) is 20.8 Å². The number of para-hydroxylation sites is 1. The lowest BCUT2D eigenvalue weighted by Gasteiger charge is -2.18. The van der Waals surface area contributed by atoms with E-state index in [0.717, 1.165) is 24.2 Å². The van der Waals surface area contributed by atoms with Crippen molar-refractivity contribution in [3.8, 4) is 5.75 Å². The van der Waals surface area contributed by atoms with Gasteiger partial charge in [0.05, 0.1) is 7.11 Å². The van der Waals surface area contributed by atoms with Crippen LogP contribution in [-0.4, -0.2) is 37.5 Å². The number of carbonyl (C=O) groups excluding carboxylic acids is 2. The standard InChI is InChI=1S/C20H23NO4S/c1-21(12-15-8-3-5-9-16(15)24-2)19(22)13-25-20(23)18-11-14-7-4-6-10-17(14)26-18/h3,5,8-9,11H,4,6-7,10,12-13H2,1-2H3. The number of hydrogen-bond donors (Lipinski definition) is 0. The van der Waals surface area contributed by atoms with Gasteiger partial charge in [0.15, 0.2) is 6.61 Å². The van der Waals surface area contributed by atoms with Crippen LogP contribution in [0.4, 0.5) is 0 Å². The van der Waals surface area contributed by atoms with Gasteiger partial charge in [0.1, 0.15) is 10.6 Å². The van der Waals surface area contributed by atoms with Crippen molar-refractivity contribution in [3.05, 3.63) is 51.2 Å². The van der Waals surface area contributed by atoms with E-state index in [-0.39, 0.29) is 12.5 Å². The highest BCUT2D eigenvalue weighted by Crippen LogP contribution is 2.30. The van der Waals surface area contributed by atoms with Gasteiger partial charge in [-0.3, -0.25) is 4.79 Å². The molecule has 26 heavy (non-hydrogen) atoms. The molecule has 0 aliphatic heterocycles. The zero-order chi connectivity index (χ0) is 18.5. The molecule has 0 bridgehead atoms. The minimum absolute atomic E-state index is 0.245. The molecule has 5 nitrogen and oxygen atoms in total. The number of amides is 1. The summed E-state index contributed by atoms with van der Waals surface area (Å²) in [4.78, 5) is 27.9. The van der Waals surface area contributed by atoms with Crippen molar-refractivity contribution in [3.63, 3.8) is 0 Å². The number of thiophene rings is 1. The summed E-state index contributed by atoms with van der Waals surface area (Å²) in [5, 5.41) is 0. The van der Waals surface area contributed by atoms with Crippen molar-refractivity contribution < 1.29 is 19.1 Å². The summed E-state index contributed by atoms with van der Waals surface area (Å²) in [5.41, 5.74) is 2.16. The van der Waals surface area contributed by atoms with E-state index >= 15 is 0 Å². The first-order chi connectivity index (χ1) is 12.6. The number of fused-ring (bicyclic) bond motifs is 1. The number of rotatable bonds is 6. The predicted molar refractivity (Wildman–Crippen MR) is 101 cm³/mol. The Morgan fingerprint density at radius 2 is 1.96 bits per heavy atom.